The standard InChI is InChI=1S/C22H16N4O3S2/c1-25(2)22-20(30-19-10-6-4-8-17(19)26(27)28)12-15(29-22)11-14(13-23)21-24-16-7-3-5-9-18(16)31-21/h3-12H,1-2H3. The number of rotatable bonds is 6. The quantitative estimate of drug-likeness (QED) is 0.200. The van der Waals surface area contributed by atoms with Crippen molar-refractivity contribution in [2.45, 2.75) is 9.79 Å². The molecule has 4 rings (SSSR count). The topological polar surface area (TPSA) is 96.2 Å². The zero-order chi connectivity index (χ0) is 22.0. The van der Waals surface area contributed by atoms with Crippen LogP contribution in [0.25, 0.3) is 21.9 Å². The van der Waals surface area contributed by atoms with E-state index >= 15 is 0 Å². The number of allylic oxidation sites excluding steroid dienone is 1. The average Bonchev–Trinajstić information content (AvgIpc) is 3.36. The maximum atomic E-state index is 11.4. The predicted molar refractivity (Wildman–Crippen MR) is 123 cm³/mol. The smallest absolute Gasteiger partial charge is 0.283 e. The van der Waals surface area contributed by atoms with Crippen LogP contribution in [0.2, 0.25) is 0 Å². The van der Waals surface area contributed by atoms with Gasteiger partial charge in [0.25, 0.3) is 5.69 Å². The molecule has 0 aliphatic rings. The Morgan fingerprint density at radius 2 is 1.97 bits per heavy atom. The molecule has 0 saturated carbocycles. The average molecular weight is 449 g/mol. The summed E-state index contributed by atoms with van der Waals surface area (Å²) in [6.45, 7) is 0. The summed E-state index contributed by atoms with van der Waals surface area (Å²) < 4.78 is 6.96. The molecule has 2 heterocycles. The van der Waals surface area contributed by atoms with E-state index in [1.165, 1.54) is 29.2 Å². The molecule has 0 aliphatic heterocycles. The number of benzene rings is 2. The summed E-state index contributed by atoms with van der Waals surface area (Å²) in [5, 5.41) is 21.7. The van der Waals surface area contributed by atoms with Gasteiger partial charge in [-0.1, -0.05) is 36.0 Å². The molecular formula is C22H16N4O3S2. The van der Waals surface area contributed by atoms with Crippen molar-refractivity contribution in [2.24, 2.45) is 0 Å². The van der Waals surface area contributed by atoms with Crippen LogP contribution in [0, 0.1) is 21.4 Å². The molecule has 7 nitrogen and oxygen atoms in total. The summed E-state index contributed by atoms with van der Waals surface area (Å²) >= 11 is 2.69. The Labute approximate surface area is 186 Å². The minimum atomic E-state index is -0.403. The lowest BCUT2D eigenvalue weighted by Gasteiger charge is -2.10. The number of anilines is 1. The van der Waals surface area contributed by atoms with E-state index in [1.54, 1.807) is 35.2 Å². The highest BCUT2D eigenvalue weighted by Crippen LogP contribution is 2.41. The first-order valence-corrected chi connectivity index (χ1v) is 10.8. The third-order valence-corrected chi connectivity index (χ3v) is 6.47. The van der Waals surface area contributed by atoms with Crippen molar-refractivity contribution in [1.82, 2.24) is 4.98 Å². The Morgan fingerprint density at radius 1 is 1.23 bits per heavy atom. The number of furan rings is 1. The molecule has 4 aromatic rings. The second-order valence-corrected chi connectivity index (χ2v) is 8.81. The first kappa shape index (κ1) is 20.7. The third kappa shape index (κ3) is 4.30. The molecule has 0 unspecified atom stereocenters. The second kappa shape index (κ2) is 8.63. The maximum Gasteiger partial charge on any atom is 0.283 e. The van der Waals surface area contributed by atoms with Crippen molar-refractivity contribution < 1.29 is 9.34 Å². The van der Waals surface area contributed by atoms with Crippen LogP contribution < -0.4 is 4.90 Å². The van der Waals surface area contributed by atoms with Crippen LogP contribution in [-0.4, -0.2) is 24.0 Å². The van der Waals surface area contributed by atoms with Crippen molar-refractivity contribution in [2.75, 3.05) is 19.0 Å². The van der Waals surface area contributed by atoms with Crippen LogP contribution in [0.1, 0.15) is 10.8 Å². The van der Waals surface area contributed by atoms with Gasteiger partial charge in [0.15, 0.2) is 0 Å². The van der Waals surface area contributed by atoms with Gasteiger partial charge in [-0.2, -0.15) is 5.26 Å². The van der Waals surface area contributed by atoms with Gasteiger partial charge in [-0.25, -0.2) is 4.98 Å². The number of para-hydroxylation sites is 2. The van der Waals surface area contributed by atoms with E-state index in [0.29, 0.717) is 32.0 Å². The van der Waals surface area contributed by atoms with Gasteiger partial charge in [0.05, 0.1) is 30.5 Å². The Balaban J connectivity index is 1.73. The van der Waals surface area contributed by atoms with Crippen molar-refractivity contribution in [3.05, 3.63) is 75.5 Å². The van der Waals surface area contributed by atoms with E-state index in [2.05, 4.69) is 11.1 Å². The molecule has 2 aromatic heterocycles. The summed E-state index contributed by atoms with van der Waals surface area (Å²) in [6, 6.07) is 18.2. The van der Waals surface area contributed by atoms with E-state index in [4.69, 9.17) is 4.42 Å². The van der Waals surface area contributed by atoms with Crippen LogP contribution >= 0.6 is 23.1 Å². The lowest BCUT2D eigenvalue weighted by atomic mass is 10.2. The summed E-state index contributed by atoms with van der Waals surface area (Å²) in [7, 11) is 3.66. The Morgan fingerprint density at radius 3 is 2.68 bits per heavy atom. The van der Waals surface area contributed by atoms with Crippen LogP contribution in [0.5, 0.6) is 0 Å². The van der Waals surface area contributed by atoms with Gasteiger partial charge >= 0.3 is 0 Å². The van der Waals surface area contributed by atoms with Gasteiger partial charge in [0.2, 0.25) is 5.88 Å². The molecule has 0 N–H and O–H groups in total. The predicted octanol–water partition coefficient (Wildman–Crippen LogP) is 6.08. The van der Waals surface area contributed by atoms with Gasteiger partial charge in [0, 0.05) is 32.3 Å². The number of hydrogen-bond donors (Lipinski definition) is 0. The molecule has 0 aliphatic carbocycles. The molecular weight excluding hydrogens is 432 g/mol. The summed E-state index contributed by atoms with van der Waals surface area (Å²) in [4.78, 5) is 18.5. The van der Waals surface area contributed by atoms with Crippen molar-refractivity contribution in [3.8, 4) is 6.07 Å². The van der Waals surface area contributed by atoms with Crippen LogP contribution in [-0.2, 0) is 0 Å². The van der Waals surface area contributed by atoms with E-state index in [-0.39, 0.29) is 5.69 Å². The van der Waals surface area contributed by atoms with Gasteiger partial charge in [-0.3, -0.25) is 10.1 Å². The molecule has 0 atom stereocenters. The molecule has 0 radical (unpaired) electrons. The number of nitro groups is 1. The molecule has 0 fully saturated rings. The fourth-order valence-corrected chi connectivity index (χ4v) is 4.97. The van der Waals surface area contributed by atoms with Crippen molar-refractivity contribution >= 4 is 56.5 Å². The fraction of sp³-hybridized carbons (Fsp3) is 0.0909. The van der Waals surface area contributed by atoms with E-state index in [0.717, 1.165) is 10.2 Å². The van der Waals surface area contributed by atoms with E-state index in [1.807, 2.05) is 38.4 Å². The van der Waals surface area contributed by atoms with Crippen LogP contribution in [0.3, 0.4) is 0 Å². The highest BCUT2D eigenvalue weighted by molar-refractivity contribution is 7.99. The molecule has 0 saturated heterocycles. The normalized spacial score (nSPS) is 11.5. The summed E-state index contributed by atoms with van der Waals surface area (Å²) in [5.74, 6) is 1.02. The summed E-state index contributed by atoms with van der Waals surface area (Å²) in [6.07, 6.45) is 1.65. The second-order valence-electron chi connectivity index (χ2n) is 6.70. The van der Waals surface area contributed by atoms with Gasteiger partial charge in [-0.15, -0.1) is 11.3 Å². The number of nitro benzene ring substituents is 1. The van der Waals surface area contributed by atoms with E-state index < -0.39 is 4.92 Å². The fourth-order valence-electron chi connectivity index (χ4n) is 2.92. The van der Waals surface area contributed by atoms with Gasteiger partial charge < -0.3 is 9.32 Å². The maximum absolute atomic E-state index is 11.4. The molecule has 31 heavy (non-hydrogen) atoms. The van der Waals surface area contributed by atoms with Crippen molar-refractivity contribution in [1.29, 1.82) is 5.26 Å². The SMILES string of the molecule is CN(C)c1oc(C=C(C#N)c2nc3ccccc3s2)cc1Sc1ccccc1[N+](=O)[O-]. The number of nitriles is 1. The third-order valence-electron chi connectivity index (χ3n) is 4.32. The number of aromatic nitrogens is 1. The molecule has 0 bridgehead atoms. The highest BCUT2D eigenvalue weighted by Gasteiger charge is 2.20. The number of nitrogens with zero attached hydrogens (tertiary/aromatic N) is 4. The minimum Gasteiger partial charge on any atom is -0.440 e. The Kier molecular flexibility index (Phi) is 5.75. The first-order valence-electron chi connectivity index (χ1n) is 9.16. The molecule has 154 valence electrons. The molecule has 2 aromatic carbocycles. The van der Waals surface area contributed by atoms with Gasteiger partial charge in [0.1, 0.15) is 16.8 Å². The van der Waals surface area contributed by atoms with Gasteiger partial charge in [-0.05, 0) is 18.2 Å². The monoisotopic (exact) mass is 448 g/mol. The highest BCUT2D eigenvalue weighted by atomic mass is 32.2. The zero-order valence-electron chi connectivity index (χ0n) is 16.6. The lowest BCUT2D eigenvalue weighted by molar-refractivity contribution is -0.387. The minimum absolute atomic E-state index is 0.0303. The van der Waals surface area contributed by atoms with E-state index in [9.17, 15) is 15.4 Å². The summed E-state index contributed by atoms with van der Waals surface area (Å²) in [5.41, 5.74) is 1.26. The lowest BCUT2D eigenvalue weighted by Crippen LogP contribution is -2.08. The molecule has 0 amide bonds. The Bertz CT molecular complexity index is 1320. The molecule has 9 heteroatoms. The van der Waals surface area contributed by atoms with Crippen LogP contribution in [0.4, 0.5) is 11.6 Å². The largest absolute Gasteiger partial charge is 0.440 e. The van der Waals surface area contributed by atoms with Crippen molar-refractivity contribution in [3.63, 3.8) is 0 Å². The number of hydrogen-bond acceptors (Lipinski definition) is 8. The van der Waals surface area contributed by atoms with Crippen LogP contribution in [0.15, 0.2) is 68.8 Å². The Hall–Kier alpha value is -3.61. The zero-order valence-corrected chi connectivity index (χ0v) is 18.2. The number of fused-ring (bicyclic) bond motifs is 1. The molecule has 0 spiro atoms. The number of thiazole rings is 1. The first-order chi connectivity index (χ1) is 15.0.